The first kappa shape index (κ1) is 13.2. The van der Waals surface area contributed by atoms with Crippen molar-refractivity contribution in [3.8, 4) is 11.4 Å². The van der Waals surface area contributed by atoms with E-state index < -0.39 is 16.9 Å². The summed E-state index contributed by atoms with van der Waals surface area (Å²) in [4.78, 5) is 3.92. The first-order valence-corrected chi connectivity index (χ1v) is 5.48. The van der Waals surface area contributed by atoms with Crippen LogP contribution in [0.4, 0.5) is 13.2 Å². The van der Waals surface area contributed by atoms with E-state index in [0.717, 1.165) is 4.68 Å². The van der Waals surface area contributed by atoms with Crippen LogP contribution in [-0.2, 0) is 13.2 Å². The van der Waals surface area contributed by atoms with E-state index in [0.29, 0.717) is 5.02 Å². The molecule has 0 aromatic carbocycles. The minimum atomic E-state index is -4.60. The third kappa shape index (κ3) is 2.30. The molecule has 0 bridgehead atoms. The summed E-state index contributed by atoms with van der Waals surface area (Å²) in [5.41, 5.74) is -0.756. The topological polar surface area (TPSA) is 30.7 Å². The third-order valence-electron chi connectivity index (χ3n) is 2.23. The fraction of sp³-hybridized carbons (Fsp3) is 0.200. The van der Waals surface area contributed by atoms with Gasteiger partial charge in [-0.25, -0.2) is 0 Å². The normalized spacial score (nSPS) is 11.9. The van der Waals surface area contributed by atoms with Crippen LogP contribution >= 0.6 is 23.2 Å². The first-order valence-electron chi connectivity index (χ1n) is 4.72. The van der Waals surface area contributed by atoms with Gasteiger partial charge in [-0.3, -0.25) is 9.67 Å². The molecule has 0 aliphatic heterocycles. The van der Waals surface area contributed by atoms with Gasteiger partial charge in [0.15, 0.2) is 5.69 Å². The number of pyridine rings is 1. The molecular weight excluding hydrogens is 290 g/mol. The molecule has 2 aromatic heterocycles. The number of halogens is 5. The van der Waals surface area contributed by atoms with Gasteiger partial charge in [-0.1, -0.05) is 23.2 Å². The van der Waals surface area contributed by atoms with Crippen LogP contribution in [0.1, 0.15) is 5.69 Å². The molecule has 0 saturated carbocycles. The van der Waals surface area contributed by atoms with Crippen LogP contribution in [0, 0.1) is 0 Å². The summed E-state index contributed by atoms with van der Waals surface area (Å²) in [6, 6.07) is 2.99. The Hall–Kier alpha value is -1.27. The van der Waals surface area contributed by atoms with Crippen molar-refractivity contribution in [2.45, 2.75) is 6.18 Å². The Morgan fingerprint density at radius 3 is 2.33 bits per heavy atom. The second kappa shape index (κ2) is 4.44. The summed E-state index contributed by atoms with van der Waals surface area (Å²) in [6.45, 7) is 0. The maximum absolute atomic E-state index is 12.6. The number of hydrogen-bond acceptors (Lipinski definition) is 2. The van der Waals surface area contributed by atoms with E-state index in [9.17, 15) is 13.2 Å². The van der Waals surface area contributed by atoms with E-state index in [1.54, 1.807) is 0 Å². The molecular formula is C10H6Cl2F3N3. The summed E-state index contributed by atoms with van der Waals surface area (Å²) in [6.07, 6.45) is -3.27. The molecule has 18 heavy (non-hydrogen) atoms. The molecule has 0 amide bonds. The Labute approximate surface area is 110 Å². The summed E-state index contributed by atoms with van der Waals surface area (Å²) in [5.74, 6) is 0. The molecule has 0 unspecified atom stereocenters. The van der Waals surface area contributed by atoms with Crippen LogP contribution in [0.5, 0.6) is 0 Å². The van der Waals surface area contributed by atoms with Crippen LogP contribution in [0.15, 0.2) is 18.3 Å². The van der Waals surface area contributed by atoms with Crippen molar-refractivity contribution in [2.75, 3.05) is 0 Å². The Morgan fingerprint density at radius 2 is 1.89 bits per heavy atom. The zero-order valence-corrected chi connectivity index (χ0v) is 10.5. The largest absolute Gasteiger partial charge is 0.436 e. The van der Waals surface area contributed by atoms with Crippen molar-refractivity contribution < 1.29 is 13.2 Å². The van der Waals surface area contributed by atoms with Gasteiger partial charge in [0.05, 0.1) is 10.7 Å². The molecule has 0 saturated heterocycles. The molecule has 0 radical (unpaired) electrons. The molecule has 0 atom stereocenters. The number of rotatable bonds is 1. The van der Waals surface area contributed by atoms with Crippen LogP contribution in [0.2, 0.25) is 10.0 Å². The number of aromatic nitrogens is 3. The molecule has 8 heteroatoms. The van der Waals surface area contributed by atoms with E-state index in [1.165, 1.54) is 25.4 Å². The predicted octanol–water partition coefficient (Wildman–Crippen LogP) is 3.81. The van der Waals surface area contributed by atoms with E-state index in [1.807, 2.05) is 0 Å². The summed E-state index contributed by atoms with van der Waals surface area (Å²) >= 11 is 11.4. The quantitative estimate of drug-likeness (QED) is 0.801. The van der Waals surface area contributed by atoms with Crippen molar-refractivity contribution in [3.05, 3.63) is 34.1 Å². The minimum Gasteiger partial charge on any atom is -0.264 e. The lowest BCUT2D eigenvalue weighted by Crippen LogP contribution is -2.07. The smallest absolute Gasteiger partial charge is 0.264 e. The Morgan fingerprint density at radius 1 is 1.22 bits per heavy atom. The van der Waals surface area contributed by atoms with Gasteiger partial charge in [0.25, 0.3) is 0 Å². The Balaban J connectivity index is 2.59. The van der Waals surface area contributed by atoms with Gasteiger partial charge in [-0.2, -0.15) is 18.3 Å². The van der Waals surface area contributed by atoms with Gasteiger partial charge >= 0.3 is 6.18 Å². The van der Waals surface area contributed by atoms with Gasteiger partial charge < -0.3 is 0 Å². The molecule has 0 aliphatic carbocycles. The molecule has 2 aromatic rings. The average molecular weight is 296 g/mol. The summed E-state index contributed by atoms with van der Waals surface area (Å²) in [5, 5.41) is 3.28. The highest BCUT2D eigenvalue weighted by molar-refractivity contribution is 6.33. The molecule has 0 spiro atoms. The lowest BCUT2D eigenvalue weighted by molar-refractivity contribution is -0.141. The minimum absolute atomic E-state index is 0.0978. The summed E-state index contributed by atoms with van der Waals surface area (Å²) < 4.78 is 38.9. The third-order valence-corrected chi connectivity index (χ3v) is 2.81. The highest BCUT2D eigenvalue weighted by Crippen LogP contribution is 2.38. The fourth-order valence-electron chi connectivity index (χ4n) is 1.47. The van der Waals surface area contributed by atoms with Crippen molar-refractivity contribution in [1.29, 1.82) is 0 Å². The first-order chi connectivity index (χ1) is 8.30. The van der Waals surface area contributed by atoms with Crippen molar-refractivity contribution in [1.82, 2.24) is 14.8 Å². The van der Waals surface area contributed by atoms with Crippen LogP contribution in [-0.4, -0.2) is 14.8 Å². The van der Waals surface area contributed by atoms with Gasteiger partial charge in [-0.15, -0.1) is 0 Å². The zero-order chi connectivity index (χ0) is 13.5. The number of hydrogen-bond donors (Lipinski definition) is 0. The molecule has 96 valence electrons. The Kier molecular flexibility index (Phi) is 3.25. The van der Waals surface area contributed by atoms with Crippen LogP contribution in [0.3, 0.4) is 0 Å². The second-order valence-electron chi connectivity index (χ2n) is 3.49. The van der Waals surface area contributed by atoms with Gasteiger partial charge in [-0.05, 0) is 12.1 Å². The molecule has 0 fully saturated rings. The maximum Gasteiger partial charge on any atom is 0.436 e. The monoisotopic (exact) mass is 295 g/mol. The molecule has 0 aliphatic rings. The number of nitrogens with zero attached hydrogens (tertiary/aromatic N) is 3. The molecule has 3 nitrogen and oxygen atoms in total. The van der Waals surface area contributed by atoms with Crippen LogP contribution < -0.4 is 0 Å². The molecule has 2 heterocycles. The highest BCUT2D eigenvalue weighted by Gasteiger charge is 2.38. The highest BCUT2D eigenvalue weighted by atomic mass is 35.5. The average Bonchev–Trinajstić information content (AvgIpc) is 2.56. The van der Waals surface area contributed by atoms with Crippen molar-refractivity contribution in [3.63, 3.8) is 0 Å². The number of aryl methyl sites for hydroxylation is 1. The summed E-state index contributed by atoms with van der Waals surface area (Å²) in [7, 11) is 1.37. The van der Waals surface area contributed by atoms with Crippen molar-refractivity contribution in [2.24, 2.45) is 7.05 Å². The van der Waals surface area contributed by atoms with Crippen LogP contribution in [0.25, 0.3) is 11.4 Å². The predicted molar refractivity (Wildman–Crippen MR) is 61.5 cm³/mol. The molecule has 0 N–H and O–H groups in total. The number of alkyl halides is 3. The van der Waals surface area contributed by atoms with Gasteiger partial charge in [0.1, 0.15) is 10.7 Å². The SMILES string of the molecule is Cn1nc(C(F)(F)F)c(Cl)c1-c1ccc(Cl)cn1. The fourth-order valence-corrected chi connectivity index (χ4v) is 1.95. The lowest BCUT2D eigenvalue weighted by atomic mass is 10.2. The standard InChI is InChI=1S/C10H6Cl2F3N3/c1-18-8(6-3-2-5(11)4-16-6)7(12)9(17-18)10(13,14)15/h2-4H,1H3. The maximum atomic E-state index is 12.6. The van der Waals surface area contributed by atoms with E-state index in [4.69, 9.17) is 23.2 Å². The van der Waals surface area contributed by atoms with Crippen molar-refractivity contribution >= 4 is 23.2 Å². The van der Waals surface area contributed by atoms with E-state index in [2.05, 4.69) is 10.1 Å². The molecule has 2 rings (SSSR count). The second-order valence-corrected chi connectivity index (χ2v) is 4.31. The van der Waals surface area contributed by atoms with Gasteiger partial charge in [0, 0.05) is 13.2 Å². The lowest BCUT2D eigenvalue weighted by Gasteiger charge is -2.02. The van der Waals surface area contributed by atoms with E-state index in [-0.39, 0.29) is 11.4 Å². The Bertz CT molecular complexity index is 575. The van der Waals surface area contributed by atoms with Gasteiger partial charge in [0.2, 0.25) is 0 Å². The van der Waals surface area contributed by atoms with E-state index >= 15 is 0 Å². The zero-order valence-electron chi connectivity index (χ0n) is 8.96.